The van der Waals surface area contributed by atoms with E-state index in [-0.39, 0.29) is 31.1 Å². The van der Waals surface area contributed by atoms with Gasteiger partial charge >= 0.3 is 17.9 Å². The monoisotopic (exact) mass is 933 g/mol. The van der Waals surface area contributed by atoms with Crippen LogP contribution in [-0.2, 0) is 28.6 Å². The van der Waals surface area contributed by atoms with E-state index in [0.29, 0.717) is 19.3 Å². The van der Waals surface area contributed by atoms with E-state index < -0.39 is 6.10 Å². The van der Waals surface area contributed by atoms with Gasteiger partial charge in [0, 0.05) is 19.3 Å². The smallest absolute Gasteiger partial charge is 0.306 e. The van der Waals surface area contributed by atoms with Gasteiger partial charge in [0.05, 0.1) is 0 Å². The summed E-state index contributed by atoms with van der Waals surface area (Å²) in [5.74, 6) is 0.897. The molecule has 0 aromatic carbocycles. The number of carbonyl (C=O) groups is 3. The molecule has 0 aromatic rings. The molecule has 0 aliphatic heterocycles. The van der Waals surface area contributed by atoms with Crippen molar-refractivity contribution in [2.75, 3.05) is 13.2 Å². The van der Waals surface area contributed by atoms with Crippen LogP contribution in [0.25, 0.3) is 0 Å². The molecule has 6 heteroatoms. The van der Waals surface area contributed by atoms with Crippen LogP contribution in [0.1, 0.15) is 336 Å². The summed E-state index contributed by atoms with van der Waals surface area (Å²) in [4.78, 5) is 38.2. The van der Waals surface area contributed by atoms with Gasteiger partial charge < -0.3 is 14.2 Å². The van der Waals surface area contributed by atoms with Crippen LogP contribution < -0.4 is 0 Å². The largest absolute Gasteiger partial charge is 0.462 e. The molecular formula is C60H116O6. The molecule has 0 spiro atoms. The summed E-state index contributed by atoms with van der Waals surface area (Å²) in [7, 11) is 0. The van der Waals surface area contributed by atoms with Gasteiger partial charge in [-0.25, -0.2) is 0 Å². The Balaban J connectivity index is 4.30. The zero-order valence-electron chi connectivity index (χ0n) is 45.3. The highest BCUT2D eigenvalue weighted by Gasteiger charge is 2.19. The summed E-state index contributed by atoms with van der Waals surface area (Å²) in [6.45, 7) is 11.5. The molecule has 392 valence electrons. The van der Waals surface area contributed by atoms with E-state index in [1.165, 1.54) is 225 Å². The first kappa shape index (κ1) is 64.4. The van der Waals surface area contributed by atoms with E-state index in [4.69, 9.17) is 14.2 Å². The summed E-state index contributed by atoms with van der Waals surface area (Å²) in [6.07, 6.45) is 56.5. The number of carbonyl (C=O) groups excluding carboxylic acids is 3. The summed E-state index contributed by atoms with van der Waals surface area (Å²) in [5, 5.41) is 0. The minimum Gasteiger partial charge on any atom is -0.462 e. The van der Waals surface area contributed by atoms with Crippen molar-refractivity contribution in [2.45, 2.75) is 343 Å². The normalized spacial score (nSPS) is 12.5. The van der Waals surface area contributed by atoms with Crippen LogP contribution in [0.3, 0.4) is 0 Å². The zero-order chi connectivity index (χ0) is 48.2. The lowest BCUT2D eigenvalue weighted by atomic mass is 9.99. The number of ether oxygens (including phenoxy) is 3. The molecule has 6 nitrogen and oxygen atoms in total. The first-order valence-corrected chi connectivity index (χ1v) is 29.8. The zero-order valence-corrected chi connectivity index (χ0v) is 45.3. The predicted octanol–water partition coefficient (Wildman–Crippen LogP) is 19.7. The highest BCUT2D eigenvalue weighted by atomic mass is 16.6. The fourth-order valence-corrected chi connectivity index (χ4v) is 9.20. The van der Waals surface area contributed by atoms with Crippen LogP contribution in [-0.4, -0.2) is 37.2 Å². The lowest BCUT2D eigenvalue weighted by molar-refractivity contribution is -0.167. The third-order valence-electron chi connectivity index (χ3n) is 14.1. The molecule has 0 aliphatic rings. The Bertz CT molecular complexity index is 1010. The minimum absolute atomic E-state index is 0.0624. The summed E-state index contributed by atoms with van der Waals surface area (Å²) in [6, 6.07) is 0. The molecule has 66 heavy (non-hydrogen) atoms. The Kier molecular flexibility index (Phi) is 51.5. The van der Waals surface area contributed by atoms with Crippen LogP contribution >= 0.6 is 0 Å². The number of esters is 3. The molecule has 0 saturated carbocycles. The molecule has 0 amide bonds. The number of rotatable bonds is 54. The standard InChI is InChI=1S/C60H116O6/c1-6-8-9-10-11-12-13-14-20-25-30-35-40-45-50-58(61)64-53-57(66-60(63)52-47-42-37-32-27-22-17-18-23-28-33-38-43-48-55(3)4)54-65-59(62)51-46-41-36-31-26-21-16-15-19-24-29-34-39-44-49-56(5)7-2/h55-57H,6-54H2,1-5H3/t56?,57-/m1/s1. The number of hydrogen-bond acceptors (Lipinski definition) is 6. The van der Waals surface area contributed by atoms with Crippen LogP contribution in [0, 0.1) is 11.8 Å². The van der Waals surface area contributed by atoms with E-state index in [1.807, 2.05) is 0 Å². The summed E-state index contributed by atoms with van der Waals surface area (Å²) >= 11 is 0. The Labute approximate surface area is 412 Å². The first-order chi connectivity index (χ1) is 32.3. The fourth-order valence-electron chi connectivity index (χ4n) is 9.20. The van der Waals surface area contributed by atoms with Gasteiger partial charge in [-0.1, -0.05) is 298 Å². The number of hydrogen-bond donors (Lipinski definition) is 0. The second kappa shape index (κ2) is 52.8. The van der Waals surface area contributed by atoms with Crippen molar-refractivity contribution in [3.8, 4) is 0 Å². The van der Waals surface area contributed by atoms with Gasteiger partial charge in [0.25, 0.3) is 0 Å². The van der Waals surface area contributed by atoms with Gasteiger partial charge in [-0.15, -0.1) is 0 Å². The quantitative estimate of drug-likeness (QED) is 0.0343. The maximum atomic E-state index is 12.9. The van der Waals surface area contributed by atoms with Crippen LogP contribution in [0.2, 0.25) is 0 Å². The Morgan fingerprint density at radius 3 is 0.864 bits per heavy atom. The maximum Gasteiger partial charge on any atom is 0.306 e. The Morgan fingerprint density at radius 2 is 0.576 bits per heavy atom. The summed E-state index contributed by atoms with van der Waals surface area (Å²) < 4.78 is 16.9. The van der Waals surface area contributed by atoms with Crippen molar-refractivity contribution in [3.63, 3.8) is 0 Å². The SMILES string of the molecule is CCCCCCCCCCCCCCCCC(=O)OC[C@H](COC(=O)CCCCCCCCCCCCCCCCC(C)CC)OC(=O)CCCCCCCCCCCCCCCC(C)C. The van der Waals surface area contributed by atoms with Crippen molar-refractivity contribution in [3.05, 3.63) is 0 Å². The molecule has 0 fully saturated rings. The highest BCUT2D eigenvalue weighted by Crippen LogP contribution is 2.19. The minimum atomic E-state index is -0.763. The second-order valence-corrected chi connectivity index (χ2v) is 21.4. The van der Waals surface area contributed by atoms with Gasteiger partial charge in [0.15, 0.2) is 6.10 Å². The van der Waals surface area contributed by atoms with E-state index in [2.05, 4.69) is 34.6 Å². The van der Waals surface area contributed by atoms with Gasteiger partial charge in [-0.05, 0) is 31.1 Å². The molecule has 0 bridgehead atoms. The molecule has 0 N–H and O–H groups in total. The Morgan fingerprint density at radius 1 is 0.318 bits per heavy atom. The molecule has 0 aromatic heterocycles. The van der Waals surface area contributed by atoms with Gasteiger partial charge in [-0.3, -0.25) is 14.4 Å². The van der Waals surface area contributed by atoms with E-state index in [0.717, 1.165) is 69.6 Å². The third-order valence-corrected chi connectivity index (χ3v) is 14.1. The van der Waals surface area contributed by atoms with E-state index in [1.54, 1.807) is 0 Å². The molecule has 1 unspecified atom stereocenters. The van der Waals surface area contributed by atoms with Crippen molar-refractivity contribution in [2.24, 2.45) is 11.8 Å². The first-order valence-electron chi connectivity index (χ1n) is 29.8. The third kappa shape index (κ3) is 51.8. The van der Waals surface area contributed by atoms with Crippen molar-refractivity contribution >= 4 is 17.9 Å². The molecule has 2 atom stereocenters. The van der Waals surface area contributed by atoms with Gasteiger partial charge in [0.1, 0.15) is 13.2 Å². The van der Waals surface area contributed by atoms with E-state index in [9.17, 15) is 14.4 Å². The fraction of sp³-hybridized carbons (Fsp3) is 0.950. The van der Waals surface area contributed by atoms with Crippen LogP contribution in [0.15, 0.2) is 0 Å². The topological polar surface area (TPSA) is 78.9 Å². The molecule has 0 aliphatic carbocycles. The molecular weight excluding hydrogens is 817 g/mol. The molecule has 0 saturated heterocycles. The van der Waals surface area contributed by atoms with Crippen molar-refractivity contribution in [1.29, 1.82) is 0 Å². The second-order valence-electron chi connectivity index (χ2n) is 21.4. The van der Waals surface area contributed by atoms with Crippen LogP contribution in [0.4, 0.5) is 0 Å². The van der Waals surface area contributed by atoms with Gasteiger partial charge in [0.2, 0.25) is 0 Å². The average molecular weight is 934 g/mol. The van der Waals surface area contributed by atoms with Crippen molar-refractivity contribution < 1.29 is 28.6 Å². The average Bonchev–Trinajstić information content (AvgIpc) is 3.30. The maximum absolute atomic E-state index is 12.9. The lowest BCUT2D eigenvalue weighted by Gasteiger charge is -2.18. The van der Waals surface area contributed by atoms with Crippen LogP contribution in [0.5, 0.6) is 0 Å². The highest BCUT2D eigenvalue weighted by molar-refractivity contribution is 5.71. The van der Waals surface area contributed by atoms with Gasteiger partial charge in [-0.2, -0.15) is 0 Å². The molecule has 0 rings (SSSR count). The lowest BCUT2D eigenvalue weighted by Crippen LogP contribution is -2.30. The molecule has 0 radical (unpaired) electrons. The van der Waals surface area contributed by atoms with E-state index >= 15 is 0 Å². The summed E-state index contributed by atoms with van der Waals surface area (Å²) in [5.41, 5.74) is 0. The Hall–Kier alpha value is -1.59. The molecule has 0 heterocycles. The predicted molar refractivity (Wildman–Crippen MR) is 284 cm³/mol. The number of unbranched alkanes of at least 4 members (excludes halogenated alkanes) is 38. The van der Waals surface area contributed by atoms with Crippen molar-refractivity contribution in [1.82, 2.24) is 0 Å².